The summed E-state index contributed by atoms with van der Waals surface area (Å²) in [4.78, 5) is 18.3. The standard InChI is InChI=1S/C18H24N4O3S/c1-21(2)17-9-7-15(8-10-17)20-18(23)11-13-22(26(3,24)25)14-16-6-4-5-12-19-16/h4-10,12H,11,13-14H2,1-3H3,(H,20,23). The second kappa shape index (κ2) is 8.77. The van der Waals surface area contributed by atoms with Crippen LogP contribution >= 0.6 is 0 Å². The van der Waals surface area contributed by atoms with Crippen LogP contribution in [0.1, 0.15) is 12.1 Å². The third-order valence-corrected chi connectivity index (χ3v) is 5.04. The molecule has 140 valence electrons. The van der Waals surface area contributed by atoms with Crippen LogP contribution in [0.5, 0.6) is 0 Å². The van der Waals surface area contributed by atoms with Gasteiger partial charge in [0.05, 0.1) is 18.5 Å². The van der Waals surface area contributed by atoms with Crippen LogP contribution in [0.15, 0.2) is 48.7 Å². The Labute approximate surface area is 154 Å². The molecule has 1 aromatic carbocycles. The minimum absolute atomic E-state index is 0.0648. The maximum atomic E-state index is 12.2. The summed E-state index contributed by atoms with van der Waals surface area (Å²) >= 11 is 0. The molecule has 26 heavy (non-hydrogen) atoms. The average molecular weight is 376 g/mol. The molecule has 0 saturated carbocycles. The van der Waals surface area contributed by atoms with Gasteiger partial charge in [-0.1, -0.05) is 6.07 Å². The summed E-state index contributed by atoms with van der Waals surface area (Å²) in [6.07, 6.45) is 2.81. The zero-order valence-corrected chi connectivity index (χ0v) is 16.0. The Morgan fingerprint density at radius 1 is 1.12 bits per heavy atom. The van der Waals surface area contributed by atoms with Gasteiger partial charge in [-0.25, -0.2) is 8.42 Å². The zero-order valence-electron chi connectivity index (χ0n) is 15.2. The molecule has 7 nitrogen and oxygen atoms in total. The Balaban J connectivity index is 1.94. The fourth-order valence-electron chi connectivity index (χ4n) is 2.33. The molecule has 0 fully saturated rings. The van der Waals surface area contributed by atoms with Crippen LogP contribution in [0.3, 0.4) is 0 Å². The lowest BCUT2D eigenvalue weighted by Gasteiger charge is -2.19. The van der Waals surface area contributed by atoms with Crippen LogP contribution in [0.2, 0.25) is 0 Å². The molecule has 2 rings (SSSR count). The van der Waals surface area contributed by atoms with Gasteiger partial charge in [0.25, 0.3) is 0 Å². The van der Waals surface area contributed by atoms with Crippen molar-refractivity contribution in [3.8, 4) is 0 Å². The minimum Gasteiger partial charge on any atom is -0.378 e. The highest BCUT2D eigenvalue weighted by atomic mass is 32.2. The van der Waals surface area contributed by atoms with Gasteiger partial charge in [-0.3, -0.25) is 9.78 Å². The topological polar surface area (TPSA) is 82.6 Å². The molecule has 0 aliphatic rings. The first-order chi connectivity index (χ1) is 12.3. The lowest BCUT2D eigenvalue weighted by Crippen LogP contribution is -2.32. The van der Waals surface area contributed by atoms with Gasteiger partial charge < -0.3 is 10.2 Å². The molecular weight excluding hydrogens is 352 g/mol. The van der Waals surface area contributed by atoms with Crippen molar-refractivity contribution in [1.82, 2.24) is 9.29 Å². The molecule has 1 amide bonds. The van der Waals surface area contributed by atoms with Crippen LogP contribution in [0, 0.1) is 0 Å². The molecule has 0 spiro atoms. The number of rotatable bonds is 8. The monoisotopic (exact) mass is 376 g/mol. The smallest absolute Gasteiger partial charge is 0.225 e. The van der Waals surface area contributed by atoms with E-state index in [2.05, 4.69) is 10.3 Å². The SMILES string of the molecule is CN(C)c1ccc(NC(=O)CCN(Cc2ccccn2)S(C)(=O)=O)cc1. The molecular formula is C18H24N4O3S. The van der Waals surface area contributed by atoms with Gasteiger partial charge in [-0.05, 0) is 36.4 Å². The number of amides is 1. The first-order valence-electron chi connectivity index (χ1n) is 8.18. The Morgan fingerprint density at radius 3 is 2.35 bits per heavy atom. The highest BCUT2D eigenvalue weighted by Crippen LogP contribution is 2.16. The van der Waals surface area contributed by atoms with Crippen molar-refractivity contribution in [3.05, 3.63) is 54.4 Å². The van der Waals surface area contributed by atoms with Crippen LogP contribution < -0.4 is 10.2 Å². The van der Waals surface area contributed by atoms with Crippen LogP contribution in [-0.4, -0.2) is 50.5 Å². The summed E-state index contributed by atoms with van der Waals surface area (Å²) in [5.41, 5.74) is 2.34. The van der Waals surface area contributed by atoms with Crippen molar-refractivity contribution in [1.29, 1.82) is 0 Å². The number of carbonyl (C=O) groups is 1. The van der Waals surface area contributed by atoms with Gasteiger partial charge in [0.1, 0.15) is 0 Å². The van der Waals surface area contributed by atoms with Crippen LogP contribution in [0.4, 0.5) is 11.4 Å². The Hall–Kier alpha value is -2.45. The van der Waals surface area contributed by atoms with Gasteiger partial charge >= 0.3 is 0 Å². The predicted molar refractivity (Wildman–Crippen MR) is 104 cm³/mol. The van der Waals surface area contributed by atoms with Crippen molar-refractivity contribution in [2.75, 3.05) is 37.1 Å². The van der Waals surface area contributed by atoms with E-state index in [0.717, 1.165) is 11.9 Å². The van der Waals surface area contributed by atoms with E-state index < -0.39 is 10.0 Å². The zero-order chi connectivity index (χ0) is 19.2. The summed E-state index contributed by atoms with van der Waals surface area (Å²) in [7, 11) is 0.440. The van der Waals surface area contributed by atoms with Gasteiger partial charge in [0, 0.05) is 44.6 Å². The summed E-state index contributed by atoms with van der Waals surface area (Å²) in [6.45, 7) is 0.238. The van der Waals surface area contributed by atoms with Crippen LogP contribution in [0.25, 0.3) is 0 Å². The molecule has 8 heteroatoms. The number of benzene rings is 1. The normalized spacial score (nSPS) is 11.4. The lowest BCUT2D eigenvalue weighted by atomic mass is 10.2. The first kappa shape index (κ1) is 19.9. The first-order valence-corrected chi connectivity index (χ1v) is 10.0. The van der Waals surface area contributed by atoms with Gasteiger partial charge in [0.15, 0.2) is 0 Å². The second-order valence-corrected chi connectivity index (χ2v) is 8.14. The number of hydrogen-bond acceptors (Lipinski definition) is 5. The number of hydrogen-bond donors (Lipinski definition) is 1. The van der Waals surface area contributed by atoms with Gasteiger partial charge in [-0.15, -0.1) is 0 Å². The highest BCUT2D eigenvalue weighted by molar-refractivity contribution is 7.88. The van der Waals surface area contributed by atoms with Crippen molar-refractivity contribution in [2.24, 2.45) is 0 Å². The average Bonchev–Trinajstić information content (AvgIpc) is 2.59. The summed E-state index contributed by atoms with van der Waals surface area (Å²) in [6, 6.07) is 12.8. The number of carbonyl (C=O) groups excluding carboxylic acids is 1. The molecule has 1 aromatic heterocycles. The van der Waals surface area contributed by atoms with E-state index in [-0.39, 0.29) is 25.4 Å². The molecule has 1 heterocycles. The van der Waals surface area contributed by atoms with Crippen molar-refractivity contribution < 1.29 is 13.2 Å². The van der Waals surface area contributed by atoms with Crippen LogP contribution in [-0.2, 0) is 21.4 Å². The van der Waals surface area contributed by atoms with Crippen molar-refractivity contribution in [3.63, 3.8) is 0 Å². The molecule has 0 radical (unpaired) electrons. The largest absolute Gasteiger partial charge is 0.378 e. The lowest BCUT2D eigenvalue weighted by molar-refractivity contribution is -0.116. The molecule has 0 aliphatic heterocycles. The fourth-order valence-corrected chi connectivity index (χ4v) is 3.12. The maximum absolute atomic E-state index is 12.2. The fraction of sp³-hybridized carbons (Fsp3) is 0.333. The molecule has 0 atom stereocenters. The van der Waals surface area contributed by atoms with E-state index in [1.165, 1.54) is 4.31 Å². The van der Waals surface area contributed by atoms with Crippen molar-refractivity contribution in [2.45, 2.75) is 13.0 Å². The number of nitrogens with one attached hydrogen (secondary N) is 1. The second-order valence-electron chi connectivity index (χ2n) is 6.16. The van der Waals surface area contributed by atoms with E-state index in [9.17, 15) is 13.2 Å². The predicted octanol–water partition coefficient (Wildman–Crippen LogP) is 1.94. The molecule has 2 aromatic rings. The number of anilines is 2. The number of pyridine rings is 1. The maximum Gasteiger partial charge on any atom is 0.225 e. The molecule has 0 bridgehead atoms. The quantitative estimate of drug-likeness (QED) is 0.761. The van der Waals surface area contributed by atoms with E-state index in [1.807, 2.05) is 43.3 Å². The third kappa shape index (κ3) is 6.12. The minimum atomic E-state index is -3.44. The van der Waals surface area contributed by atoms with E-state index in [1.54, 1.807) is 24.4 Å². The van der Waals surface area contributed by atoms with E-state index >= 15 is 0 Å². The molecule has 1 N–H and O–H groups in total. The number of nitrogens with zero attached hydrogens (tertiary/aromatic N) is 3. The highest BCUT2D eigenvalue weighted by Gasteiger charge is 2.18. The van der Waals surface area contributed by atoms with Gasteiger partial charge in [0.2, 0.25) is 15.9 Å². The third-order valence-electron chi connectivity index (χ3n) is 3.79. The summed E-state index contributed by atoms with van der Waals surface area (Å²) in [5.74, 6) is -0.239. The number of aromatic nitrogens is 1. The van der Waals surface area contributed by atoms with Crippen molar-refractivity contribution >= 4 is 27.3 Å². The van der Waals surface area contributed by atoms with Gasteiger partial charge in [-0.2, -0.15) is 4.31 Å². The molecule has 0 unspecified atom stereocenters. The summed E-state index contributed by atoms with van der Waals surface area (Å²) in [5, 5.41) is 2.78. The number of sulfonamides is 1. The molecule has 0 saturated heterocycles. The Bertz CT molecular complexity index is 821. The summed E-state index contributed by atoms with van der Waals surface area (Å²) < 4.78 is 25.2. The Kier molecular flexibility index (Phi) is 6.70. The van der Waals surface area contributed by atoms with E-state index in [4.69, 9.17) is 0 Å². The Morgan fingerprint density at radius 2 is 1.81 bits per heavy atom. The molecule has 0 aliphatic carbocycles. The van der Waals surface area contributed by atoms with E-state index in [0.29, 0.717) is 11.4 Å².